The molecule has 0 radical (unpaired) electrons. The molecule has 1 aromatic carbocycles. The summed E-state index contributed by atoms with van der Waals surface area (Å²) in [5.74, 6) is 0.499. The Morgan fingerprint density at radius 3 is 2.86 bits per heavy atom. The Hall–Kier alpha value is -2.21. The van der Waals surface area contributed by atoms with Gasteiger partial charge < -0.3 is 0 Å². The number of nitrogens with one attached hydrogen (secondary N) is 1. The standard InChI is InChI=1S/C16H21N3O3/c1-4-11(2)10-22-18-15(20)9-19-12(3)17-14-8-6-5-7-13(14)16(19)21/h5-8,11H,4,9-10H2,1-3H3,(H,18,20). The molecule has 0 fully saturated rings. The molecule has 6 nitrogen and oxygen atoms in total. The Morgan fingerprint density at radius 1 is 1.41 bits per heavy atom. The lowest BCUT2D eigenvalue weighted by Gasteiger charge is -2.12. The van der Waals surface area contributed by atoms with Crippen LogP contribution in [0.2, 0.25) is 0 Å². The van der Waals surface area contributed by atoms with Crippen LogP contribution in [0.1, 0.15) is 26.1 Å². The molecule has 2 rings (SSSR count). The average molecular weight is 303 g/mol. The van der Waals surface area contributed by atoms with Crippen molar-refractivity contribution in [3.63, 3.8) is 0 Å². The Morgan fingerprint density at radius 2 is 2.14 bits per heavy atom. The van der Waals surface area contributed by atoms with Crippen LogP contribution >= 0.6 is 0 Å². The topological polar surface area (TPSA) is 73.2 Å². The molecule has 0 saturated carbocycles. The van der Waals surface area contributed by atoms with Crippen LogP contribution in [0.15, 0.2) is 29.1 Å². The summed E-state index contributed by atoms with van der Waals surface area (Å²) in [4.78, 5) is 33.8. The summed E-state index contributed by atoms with van der Waals surface area (Å²) >= 11 is 0. The van der Waals surface area contributed by atoms with E-state index >= 15 is 0 Å². The number of aromatic nitrogens is 2. The normalized spacial score (nSPS) is 12.3. The molecule has 1 atom stereocenters. The first-order valence-corrected chi connectivity index (χ1v) is 7.39. The number of para-hydroxylation sites is 1. The van der Waals surface area contributed by atoms with Gasteiger partial charge in [0.1, 0.15) is 12.4 Å². The zero-order valence-electron chi connectivity index (χ0n) is 13.1. The van der Waals surface area contributed by atoms with Gasteiger partial charge in [-0.05, 0) is 25.0 Å². The maximum absolute atomic E-state index is 12.4. The number of benzene rings is 1. The monoisotopic (exact) mass is 303 g/mol. The minimum Gasteiger partial charge on any atom is -0.287 e. The zero-order chi connectivity index (χ0) is 16.1. The van der Waals surface area contributed by atoms with Crippen molar-refractivity contribution in [2.45, 2.75) is 33.7 Å². The summed E-state index contributed by atoms with van der Waals surface area (Å²) in [6.45, 7) is 6.14. The molecule has 1 N–H and O–H groups in total. The molecule has 1 unspecified atom stereocenters. The van der Waals surface area contributed by atoms with Crippen LogP contribution in [-0.2, 0) is 16.2 Å². The van der Waals surface area contributed by atoms with E-state index in [1.165, 1.54) is 4.57 Å². The highest BCUT2D eigenvalue weighted by molar-refractivity contribution is 5.78. The van der Waals surface area contributed by atoms with E-state index in [9.17, 15) is 9.59 Å². The average Bonchev–Trinajstić information content (AvgIpc) is 2.51. The van der Waals surface area contributed by atoms with Gasteiger partial charge in [0.05, 0.1) is 17.5 Å². The summed E-state index contributed by atoms with van der Waals surface area (Å²) in [5.41, 5.74) is 2.78. The molecule has 0 aliphatic carbocycles. The summed E-state index contributed by atoms with van der Waals surface area (Å²) < 4.78 is 1.35. The predicted octanol–water partition coefficient (Wildman–Crippen LogP) is 1.80. The van der Waals surface area contributed by atoms with E-state index in [1.54, 1.807) is 25.1 Å². The number of aryl methyl sites for hydroxylation is 1. The van der Waals surface area contributed by atoms with Crippen LogP contribution in [0.25, 0.3) is 10.9 Å². The smallest absolute Gasteiger partial charge is 0.263 e. The van der Waals surface area contributed by atoms with Crippen LogP contribution in [0, 0.1) is 12.8 Å². The van der Waals surface area contributed by atoms with Crippen molar-refractivity contribution in [1.82, 2.24) is 15.0 Å². The molecular weight excluding hydrogens is 282 g/mol. The lowest BCUT2D eigenvalue weighted by molar-refractivity contribution is -0.135. The van der Waals surface area contributed by atoms with Crippen LogP contribution in [-0.4, -0.2) is 22.1 Å². The van der Waals surface area contributed by atoms with Gasteiger partial charge in [-0.15, -0.1) is 0 Å². The van der Waals surface area contributed by atoms with Crippen molar-refractivity contribution < 1.29 is 9.63 Å². The van der Waals surface area contributed by atoms with Gasteiger partial charge in [0, 0.05) is 0 Å². The third-order valence-corrected chi connectivity index (χ3v) is 3.60. The number of hydroxylamine groups is 1. The molecule has 0 aliphatic heterocycles. The first-order valence-electron chi connectivity index (χ1n) is 7.39. The first-order chi connectivity index (χ1) is 10.5. The van der Waals surface area contributed by atoms with E-state index in [2.05, 4.69) is 17.4 Å². The second-order valence-corrected chi connectivity index (χ2v) is 5.42. The minimum absolute atomic E-state index is 0.108. The number of fused-ring (bicyclic) bond motifs is 1. The Kier molecular flexibility index (Phi) is 5.27. The quantitative estimate of drug-likeness (QED) is 0.826. The number of hydrogen-bond donors (Lipinski definition) is 1. The fourth-order valence-corrected chi connectivity index (χ4v) is 2.02. The van der Waals surface area contributed by atoms with Gasteiger partial charge >= 0.3 is 0 Å². The number of rotatable bonds is 6. The van der Waals surface area contributed by atoms with Gasteiger partial charge in [-0.3, -0.25) is 19.0 Å². The lowest BCUT2D eigenvalue weighted by atomic mass is 10.1. The molecule has 1 heterocycles. The summed E-state index contributed by atoms with van der Waals surface area (Å²) in [6.07, 6.45) is 0.975. The maximum atomic E-state index is 12.4. The fraction of sp³-hybridized carbons (Fsp3) is 0.438. The number of nitrogens with zero attached hydrogens (tertiary/aromatic N) is 2. The summed E-state index contributed by atoms with van der Waals surface area (Å²) in [5, 5.41) is 0.501. The van der Waals surface area contributed by atoms with E-state index in [1.807, 2.05) is 13.0 Å². The van der Waals surface area contributed by atoms with Gasteiger partial charge in [0.25, 0.3) is 11.5 Å². The second-order valence-electron chi connectivity index (χ2n) is 5.42. The van der Waals surface area contributed by atoms with Crippen LogP contribution in [0.3, 0.4) is 0 Å². The number of carbonyl (C=O) groups excluding carboxylic acids is 1. The molecule has 0 aliphatic rings. The van der Waals surface area contributed by atoms with Crippen molar-refractivity contribution in [3.8, 4) is 0 Å². The first kappa shape index (κ1) is 16.2. The van der Waals surface area contributed by atoms with E-state index in [0.717, 1.165) is 6.42 Å². The van der Waals surface area contributed by atoms with E-state index in [4.69, 9.17) is 4.84 Å². The lowest BCUT2D eigenvalue weighted by Crippen LogP contribution is -2.34. The molecule has 1 amide bonds. The van der Waals surface area contributed by atoms with Crippen LogP contribution in [0.5, 0.6) is 0 Å². The summed E-state index contributed by atoms with van der Waals surface area (Å²) in [7, 11) is 0. The maximum Gasteiger partial charge on any atom is 0.263 e. The fourth-order valence-electron chi connectivity index (χ4n) is 2.02. The Labute approximate surface area is 129 Å². The minimum atomic E-state index is -0.370. The molecule has 1 aromatic heterocycles. The molecule has 6 heteroatoms. The number of hydrogen-bond acceptors (Lipinski definition) is 4. The highest BCUT2D eigenvalue weighted by atomic mass is 16.6. The van der Waals surface area contributed by atoms with E-state index in [-0.39, 0.29) is 18.0 Å². The van der Waals surface area contributed by atoms with Crippen LogP contribution < -0.4 is 11.0 Å². The van der Waals surface area contributed by atoms with Crippen molar-refractivity contribution in [2.75, 3.05) is 6.61 Å². The van der Waals surface area contributed by atoms with Gasteiger partial charge in [-0.25, -0.2) is 10.5 Å². The molecule has 22 heavy (non-hydrogen) atoms. The zero-order valence-corrected chi connectivity index (χ0v) is 13.1. The van der Waals surface area contributed by atoms with E-state index < -0.39 is 0 Å². The van der Waals surface area contributed by atoms with Crippen molar-refractivity contribution in [3.05, 3.63) is 40.4 Å². The predicted molar refractivity (Wildman–Crippen MR) is 84.3 cm³/mol. The van der Waals surface area contributed by atoms with E-state index in [0.29, 0.717) is 29.3 Å². The third kappa shape index (κ3) is 3.71. The second kappa shape index (κ2) is 7.17. The van der Waals surface area contributed by atoms with Gasteiger partial charge in [0.2, 0.25) is 0 Å². The number of amides is 1. The molecule has 118 valence electrons. The number of carbonyl (C=O) groups is 1. The van der Waals surface area contributed by atoms with Crippen molar-refractivity contribution in [2.24, 2.45) is 5.92 Å². The van der Waals surface area contributed by atoms with Gasteiger partial charge in [0.15, 0.2) is 0 Å². The highest BCUT2D eigenvalue weighted by Gasteiger charge is 2.11. The Bertz CT molecular complexity index is 724. The molecule has 0 saturated heterocycles. The third-order valence-electron chi connectivity index (χ3n) is 3.60. The van der Waals surface area contributed by atoms with Crippen LogP contribution in [0.4, 0.5) is 0 Å². The molecule has 2 aromatic rings. The molecular formula is C16H21N3O3. The highest BCUT2D eigenvalue weighted by Crippen LogP contribution is 2.07. The van der Waals surface area contributed by atoms with Crippen molar-refractivity contribution >= 4 is 16.8 Å². The largest absolute Gasteiger partial charge is 0.287 e. The molecule has 0 spiro atoms. The van der Waals surface area contributed by atoms with Crippen molar-refractivity contribution in [1.29, 1.82) is 0 Å². The SMILES string of the molecule is CCC(C)CONC(=O)Cn1c(C)nc2ccccc2c1=O. The molecule has 0 bridgehead atoms. The summed E-state index contributed by atoms with van der Waals surface area (Å²) in [6, 6.07) is 7.09. The Balaban J connectivity index is 2.11. The van der Waals surface area contributed by atoms with Gasteiger partial charge in [-0.2, -0.15) is 0 Å². The van der Waals surface area contributed by atoms with Gasteiger partial charge in [-0.1, -0.05) is 32.4 Å².